The lowest BCUT2D eigenvalue weighted by molar-refractivity contribution is -0.178. The molecule has 8 atom stereocenters. The van der Waals surface area contributed by atoms with Crippen LogP contribution >= 0.6 is 0 Å². The van der Waals surface area contributed by atoms with Crippen LogP contribution < -0.4 is 0 Å². The smallest absolute Gasteiger partial charge is 0.417 e. The number of ether oxygens (including phenoxy) is 4. The molecule has 0 spiro atoms. The monoisotopic (exact) mass is 479 g/mol. The topological polar surface area (TPSA) is 91.4 Å². The van der Waals surface area contributed by atoms with Crippen molar-refractivity contribution < 1.29 is 33.3 Å². The third kappa shape index (κ3) is 4.61. The normalized spacial score (nSPS) is 32.1. The van der Waals surface area contributed by atoms with Crippen molar-refractivity contribution in [2.24, 2.45) is 23.7 Å². The molecule has 0 N–H and O–H groups in total. The molecule has 0 aromatic carbocycles. The van der Waals surface area contributed by atoms with E-state index in [0.29, 0.717) is 0 Å². The average molecular weight is 480 g/mol. The number of ketones is 1. The van der Waals surface area contributed by atoms with Gasteiger partial charge in [0.15, 0.2) is 17.3 Å². The Bertz CT molecular complexity index is 826. The average Bonchev–Trinajstić information content (AvgIpc) is 3.07. The number of Topliss-reactive ketones (excluding diaryl/α,β-unsaturated/α-hetero) is 1. The first kappa shape index (κ1) is 27.9. The van der Waals surface area contributed by atoms with E-state index in [2.05, 4.69) is 27.0 Å². The van der Waals surface area contributed by atoms with E-state index < -0.39 is 47.2 Å². The van der Waals surface area contributed by atoms with Crippen LogP contribution in [0.3, 0.4) is 0 Å². The molecule has 2 fully saturated rings. The molecule has 0 radical (unpaired) electrons. The van der Waals surface area contributed by atoms with Crippen molar-refractivity contribution in [3.63, 3.8) is 0 Å². The largest absolute Gasteiger partial charge is 0.468 e. The van der Waals surface area contributed by atoms with Gasteiger partial charge in [0.25, 0.3) is 0 Å². The van der Waals surface area contributed by atoms with Gasteiger partial charge in [-0.05, 0) is 45.8 Å². The minimum absolute atomic E-state index is 0.0987. The van der Waals surface area contributed by atoms with Gasteiger partial charge < -0.3 is 18.9 Å². The molecule has 0 aliphatic carbocycles. The summed E-state index contributed by atoms with van der Waals surface area (Å²) in [5, 5.41) is 0. The fourth-order valence-corrected chi connectivity index (χ4v) is 5.47. The summed E-state index contributed by atoms with van der Waals surface area (Å²) in [5.41, 5.74) is -1.97. The number of cyclic esters (lactones) is 1. The second kappa shape index (κ2) is 10.5. The minimum Gasteiger partial charge on any atom is -0.468 e. The zero-order valence-electron chi connectivity index (χ0n) is 21.9. The van der Waals surface area contributed by atoms with Crippen LogP contribution in [-0.2, 0) is 28.5 Å². The number of hydrogen-bond acceptors (Lipinski definition) is 7. The van der Waals surface area contributed by atoms with Crippen LogP contribution in [0.4, 0.5) is 4.79 Å². The van der Waals surface area contributed by atoms with Crippen LogP contribution in [0.15, 0.2) is 25.1 Å². The molecule has 8 nitrogen and oxygen atoms in total. The third-order valence-corrected chi connectivity index (χ3v) is 7.71. The lowest BCUT2D eigenvalue weighted by atomic mass is 9.68. The molecule has 2 saturated heterocycles. The Hall–Kier alpha value is -2.35. The lowest BCUT2D eigenvalue weighted by Gasteiger charge is -2.53. The van der Waals surface area contributed by atoms with Gasteiger partial charge in [-0.15, -0.1) is 0 Å². The van der Waals surface area contributed by atoms with Crippen LogP contribution in [0.1, 0.15) is 61.3 Å². The zero-order valence-corrected chi connectivity index (χ0v) is 21.9. The Morgan fingerprint density at radius 3 is 2.38 bits per heavy atom. The Balaban J connectivity index is 2.35. The maximum Gasteiger partial charge on any atom is 0.417 e. The Morgan fingerprint density at radius 2 is 1.85 bits per heavy atom. The first-order valence-corrected chi connectivity index (χ1v) is 12.1. The molecular formula is C26H41NO7. The lowest BCUT2D eigenvalue weighted by Crippen LogP contribution is -2.64. The van der Waals surface area contributed by atoms with Gasteiger partial charge in [-0.2, -0.15) is 0 Å². The van der Waals surface area contributed by atoms with E-state index in [4.69, 9.17) is 18.9 Å². The molecule has 2 rings (SSSR count). The van der Waals surface area contributed by atoms with Crippen molar-refractivity contribution in [2.75, 3.05) is 13.7 Å². The number of amides is 1. The Morgan fingerprint density at radius 1 is 1.24 bits per heavy atom. The molecule has 3 unspecified atom stereocenters. The first-order chi connectivity index (χ1) is 15.8. The predicted octanol–water partition coefficient (Wildman–Crippen LogP) is 4.48. The van der Waals surface area contributed by atoms with Crippen molar-refractivity contribution in [3.05, 3.63) is 25.1 Å². The van der Waals surface area contributed by atoms with Crippen LogP contribution in [-0.4, -0.2) is 59.8 Å². The highest BCUT2D eigenvalue weighted by Crippen LogP contribution is 2.51. The Kier molecular flexibility index (Phi) is 8.62. The maximum atomic E-state index is 12.9. The number of methoxy groups -OCH3 is 1. The highest BCUT2D eigenvalue weighted by atomic mass is 16.6. The summed E-state index contributed by atoms with van der Waals surface area (Å²) in [7, 11) is 1.50. The Labute approximate surface area is 203 Å². The standard InChI is InChI=1S/C26H41NO7/c1-11-13-16(4)26(12-2)18(6)22-25(9,34-24(30)27(22)20(8)33-26)19(7)32-23(29)17(5)21(28)15(3)14-31-10/h12,15-19,22H,2,8,11,13-14H2,1,3-7,9-10H3/t15-,16-,17?,18?,19-,22?,25-,26+/m1/s1. The second-order valence-corrected chi connectivity index (χ2v) is 9.96. The molecule has 2 heterocycles. The van der Waals surface area contributed by atoms with Gasteiger partial charge in [0.05, 0.1) is 12.6 Å². The third-order valence-electron chi connectivity index (χ3n) is 7.71. The van der Waals surface area contributed by atoms with E-state index >= 15 is 0 Å². The van der Waals surface area contributed by atoms with Crippen LogP contribution in [0.5, 0.6) is 0 Å². The number of nitrogens with zero attached hydrogens (tertiary/aromatic N) is 1. The molecule has 0 saturated carbocycles. The summed E-state index contributed by atoms with van der Waals surface area (Å²) in [5.74, 6) is -2.29. The maximum absolute atomic E-state index is 12.9. The van der Waals surface area contributed by atoms with E-state index in [-0.39, 0.29) is 30.1 Å². The molecular weight excluding hydrogens is 438 g/mol. The van der Waals surface area contributed by atoms with E-state index in [9.17, 15) is 14.4 Å². The van der Waals surface area contributed by atoms with Gasteiger partial charge >= 0.3 is 12.1 Å². The molecule has 2 aliphatic rings. The molecule has 8 heteroatoms. The van der Waals surface area contributed by atoms with Crippen molar-refractivity contribution in [1.29, 1.82) is 0 Å². The van der Waals surface area contributed by atoms with Crippen LogP contribution in [0.25, 0.3) is 0 Å². The molecule has 0 aromatic rings. The summed E-state index contributed by atoms with van der Waals surface area (Å²) in [6, 6.07) is -0.514. The van der Waals surface area contributed by atoms with E-state index in [1.54, 1.807) is 26.8 Å². The number of rotatable bonds is 11. The van der Waals surface area contributed by atoms with Crippen LogP contribution in [0.2, 0.25) is 0 Å². The van der Waals surface area contributed by atoms with E-state index in [1.807, 2.05) is 6.92 Å². The van der Waals surface area contributed by atoms with Crippen molar-refractivity contribution in [1.82, 2.24) is 4.90 Å². The number of hydrogen-bond donors (Lipinski definition) is 0. The van der Waals surface area contributed by atoms with Crippen molar-refractivity contribution in [2.45, 2.75) is 84.7 Å². The summed E-state index contributed by atoms with van der Waals surface area (Å²) >= 11 is 0. The predicted molar refractivity (Wildman–Crippen MR) is 128 cm³/mol. The van der Waals surface area contributed by atoms with E-state index in [1.165, 1.54) is 18.9 Å². The van der Waals surface area contributed by atoms with Gasteiger partial charge in [0.1, 0.15) is 17.6 Å². The van der Waals surface area contributed by atoms with Crippen LogP contribution in [0, 0.1) is 23.7 Å². The van der Waals surface area contributed by atoms with Gasteiger partial charge in [-0.3, -0.25) is 9.59 Å². The molecule has 192 valence electrons. The number of fused-ring (bicyclic) bond motifs is 1. The summed E-state index contributed by atoms with van der Waals surface area (Å²) in [6.45, 7) is 21.1. The first-order valence-electron chi connectivity index (χ1n) is 12.1. The highest BCUT2D eigenvalue weighted by Gasteiger charge is 2.65. The molecule has 0 aromatic heterocycles. The minimum atomic E-state index is -1.19. The summed E-state index contributed by atoms with van der Waals surface area (Å²) in [6.07, 6.45) is 2.21. The summed E-state index contributed by atoms with van der Waals surface area (Å²) in [4.78, 5) is 39.8. The van der Waals surface area contributed by atoms with Crippen molar-refractivity contribution in [3.8, 4) is 0 Å². The molecule has 0 bridgehead atoms. The highest BCUT2D eigenvalue weighted by molar-refractivity contribution is 5.99. The summed E-state index contributed by atoms with van der Waals surface area (Å²) < 4.78 is 22.9. The molecule has 34 heavy (non-hydrogen) atoms. The zero-order chi connectivity index (χ0) is 26.0. The molecule has 2 aliphatic heterocycles. The van der Waals surface area contributed by atoms with E-state index in [0.717, 1.165) is 12.8 Å². The number of carbonyl (C=O) groups is 3. The molecule has 1 amide bonds. The van der Waals surface area contributed by atoms with Gasteiger partial charge in [-0.25, -0.2) is 9.69 Å². The fourth-order valence-electron chi connectivity index (χ4n) is 5.47. The SMILES string of the molecule is C=C[C@@]1([C@H](C)CCC)OC(=C)N2C(=O)O[C@](C)([C@@H](C)OC(=O)C(C)C(=O)[C@H](C)COC)C2C1C. The quantitative estimate of drug-likeness (QED) is 0.245. The van der Waals surface area contributed by atoms with Gasteiger partial charge in [0.2, 0.25) is 0 Å². The fraction of sp³-hybridized carbons (Fsp3) is 0.731. The van der Waals surface area contributed by atoms with Gasteiger partial charge in [0, 0.05) is 18.9 Å². The van der Waals surface area contributed by atoms with Crippen molar-refractivity contribution >= 4 is 17.8 Å². The van der Waals surface area contributed by atoms with Gasteiger partial charge in [-0.1, -0.05) is 40.7 Å². The second-order valence-electron chi connectivity index (χ2n) is 9.96. The number of carbonyl (C=O) groups excluding carboxylic acids is 3. The number of esters is 1.